The number of methoxy groups -OCH3 is 1. The van der Waals surface area contributed by atoms with Crippen LogP contribution in [0.4, 0.5) is 0 Å². The van der Waals surface area contributed by atoms with Crippen LogP contribution in [0.1, 0.15) is 21.9 Å². The summed E-state index contributed by atoms with van der Waals surface area (Å²) in [4.78, 5) is 25.1. The molecule has 0 aliphatic carbocycles. The van der Waals surface area contributed by atoms with Crippen molar-refractivity contribution in [3.05, 3.63) is 60.0 Å². The third-order valence-electron chi connectivity index (χ3n) is 4.20. The van der Waals surface area contributed by atoms with Gasteiger partial charge < -0.3 is 19.6 Å². The lowest BCUT2D eigenvalue weighted by atomic mass is 10.2. The Morgan fingerprint density at radius 2 is 2.21 bits per heavy atom. The van der Waals surface area contributed by atoms with Gasteiger partial charge in [-0.25, -0.2) is 15.0 Å². The van der Waals surface area contributed by atoms with Crippen molar-refractivity contribution >= 4 is 11.7 Å². The van der Waals surface area contributed by atoms with Crippen molar-refractivity contribution in [3.63, 3.8) is 0 Å². The normalized spacial score (nSPS) is 10.9. The van der Waals surface area contributed by atoms with Crippen molar-refractivity contribution in [2.75, 3.05) is 7.11 Å². The zero-order valence-electron chi connectivity index (χ0n) is 15.2. The van der Waals surface area contributed by atoms with E-state index in [1.165, 1.54) is 13.2 Å². The van der Waals surface area contributed by atoms with Crippen molar-refractivity contribution in [1.82, 2.24) is 24.7 Å². The van der Waals surface area contributed by atoms with Crippen LogP contribution in [0.3, 0.4) is 0 Å². The van der Waals surface area contributed by atoms with Crippen molar-refractivity contribution in [2.24, 2.45) is 0 Å². The Morgan fingerprint density at radius 1 is 1.36 bits per heavy atom. The standard InChI is InChI=1S/C19H17N5O4/c1-11-13(22-18(28-11)12-4-5-16(27-2)15(25)8-12)9-21-17(26)14-10-24-7-3-6-20-19(24)23-14/h3-8,10,25H,9H2,1-2H3,(H,21,26). The summed E-state index contributed by atoms with van der Waals surface area (Å²) < 4.78 is 12.4. The molecule has 1 amide bonds. The van der Waals surface area contributed by atoms with Gasteiger partial charge in [0.15, 0.2) is 11.5 Å². The molecule has 0 radical (unpaired) electrons. The molecule has 0 bridgehead atoms. The minimum absolute atomic E-state index is 0.00818. The van der Waals surface area contributed by atoms with E-state index < -0.39 is 0 Å². The van der Waals surface area contributed by atoms with Crippen molar-refractivity contribution in [1.29, 1.82) is 0 Å². The van der Waals surface area contributed by atoms with Crippen LogP contribution in [0.15, 0.2) is 47.3 Å². The van der Waals surface area contributed by atoms with Gasteiger partial charge in [-0.2, -0.15) is 0 Å². The van der Waals surface area contributed by atoms with Gasteiger partial charge in [0.25, 0.3) is 5.91 Å². The molecule has 0 unspecified atom stereocenters. The van der Waals surface area contributed by atoms with Crippen molar-refractivity contribution in [2.45, 2.75) is 13.5 Å². The van der Waals surface area contributed by atoms with Gasteiger partial charge in [-0.05, 0) is 31.2 Å². The summed E-state index contributed by atoms with van der Waals surface area (Å²) in [6.45, 7) is 1.94. The lowest BCUT2D eigenvalue weighted by Gasteiger charge is -2.03. The summed E-state index contributed by atoms with van der Waals surface area (Å²) in [5.74, 6) is 1.38. The second-order valence-electron chi connectivity index (χ2n) is 6.04. The number of amides is 1. The number of benzene rings is 1. The number of nitrogens with zero attached hydrogens (tertiary/aromatic N) is 4. The van der Waals surface area contributed by atoms with Crippen molar-refractivity contribution < 1.29 is 19.1 Å². The van der Waals surface area contributed by atoms with E-state index in [1.54, 1.807) is 48.1 Å². The van der Waals surface area contributed by atoms with Gasteiger partial charge >= 0.3 is 0 Å². The molecule has 0 atom stereocenters. The fourth-order valence-electron chi connectivity index (χ4n) is 2.73. The first kappa shape index (κ1) is 17.5. The Bertz CT molecular complexity index is 1130. The number of carbonyl (C=O) groups excluding carboxylic acids is 1. The first-order valence-electron chi connectivity index (χ1n) is 8.47. The van der Waals surface area contributed by atoms with E-state index in [9.17, 15) is 9.90 Å². The highest BCUT2D eigenvalue weighted by atomic mass is 16.5. The number of aromatic hydroxyl groups is 1. The molecule has 2 N–H and O–H groups in total. The first-order chi connectivity index (χ1) is 13.5. The summed E-state index contributed by atoms with van der Waals surface area (Å²) in [5, 5.41) is 12.7. The van der Waals surface area contributed by atoms with Gasteiger partial charge in [-0.1, -0.05) is 0 Å². The summed E-state index contributed by atoms with van der Waals surface area (Å²) in [5.41, 5.74) is 1.45. The molecule has 3 aromatic heterocycles. The fourth-order valence-corrected chi connectivity index (χ4v) is 2.73. The molecule has 9 heteroatoms. The molecule has 142 valence electrons. The number of hydrogen-bond acceptors (Lipinski definition) is 7. The number of aryl methyl sites for hydroxylation is 1. The fraction of sp³-hybridized carbons (Fsp3) is 0.158. The largest absolute Gasteiger partial charge is 0.504 e. The molecule has 0 saturated carbocycles. The lowest BCUT2D eigenvalue weighted by molar-refractivity contribution is 0.0946. The minimum Gasteiger partial charge on any atom is -0.504 e. The quantitative estimate of drug-likeness (QED) is 0.547. The molecule has 4 rings (SSSR count). The van der Waals surface area contributed by atoms with Crippen LogP contribution in [0.2, 0.25) is 0 Å². The molecule has 9 nitrogen and oxygen atoms in total. The summed E-state index contributed by atoms with van der Waals surface area (Å²) in [7, 11) is 1.48. The van der Waals surface area contributed by atoms with E-state index in [0.29, 0.717) is 34.4 Å². The maximum atomic E-state index is 12.4. The van der Waals surface area contributed by atoms with Gasteiger partial charge in [0, 0.05) is 24.2 Å². The first-order valence-corrected chi connectivity index (χ1v) is 8.47. The zero-order valence-corrected chi connectivity index (χ0v) is 15.2. The Balaban J connectivity index is 1.49. The highest BCUT2D eigenvalue weighted by Crippen LogP contribution is 2.31. The highest BCUT2D eigenvalue weighted by Gasteiger charge is 2.16. The van der Waals surface area contributed by atoms with E-state index in [0.717, 1.165) is 0 Å². The van der Waals surface area contributed by atoms with E-state index in [-0.39, 0.29) is 23.9 Å². The lowest BCUT2D eigenvalue weighted by Crippen LogP contribution is -2.23. The smallest absolute Gasteiger partial charge is 0.271 e. The summed E-state index contributed by atoms with van der Waals surface area (Å²) in [6.07, 6.45) is 4.99. The summed E-state index contributed by atoms with van der Waals surface area (Å²) >= 11 is 0. The predicted molar refractivity (Wildman–Crippen MR) is 99.1 cm³/mol. The Morgan fingerprint density at radius 3 is 2.96 bits per heavy atom. The number of imidazole rings is 1. The number of aromatic nitrogens is 4. The molecule has 0 aliphatic heterocycles. The number of rotatable bonds is 5. The number of carbonyl (C=O) groups is 1. The molecule has 3 heterocycles. The molecular formula is C19H17N5O4. The third kappa shape index (κ3) is 3.25. The van der Waals surface area contributed by atoms with Crippen LogP contribution in [0.5, 0.6) is 11.5 Å². The van der Waals surface area contributed by atoms with Gasteiger partial charge in [0.2, 0.25) is 11.7 Å². The second kappa shape index (κ2) is 7.03. The Kier molecular flexibility index (Phi) is 4.40. The third-order valence-corrected chi connectivity index (χ3v) is 4.20. The Hall–Kier alpha value is -3.88. The topological polar surface area (TPSA) is 115 Å². The number of phenolic OH excluding ortho intramolecular Hbond substituents is 1. The van der Waals surface area contributed by atoms with Crippen molar-refractivity contribution in [3.8, 4) is 23.0 Å². The monoisotopic (exact) mass is 379 g/mol. The predicted octanol–water partition coefficient (Wildman–Crippen LogP) is 2.34. The van der Waals surface area contributed by atoms with Crippen LogP contribution in [0, 0.1) is 6.92 Å². The molecule has 4 aromatic rings. The Labute approximate surface area is 159 Å². The van der Waals surface area contributed by atoms with Crippen LogP contribution in [-0.2, 0) is 6.54 Å². The number of phenols is 1. The van der Waals surface area contributed by atoms with E-state index in [1.807, 2.05) is 0 Å². The van der Waals surface area contributed by atoms with E-state index in [4.69, 9.17) is 9.15 Å². The number of fused-ring (bicyclic) bond motifs is 1. The van der Waals surface area contributed by atoms with Crippen LogP contribution in [0.25, 0.3) is 17.2 Å². The van der Waals surface area contributed by atoms with E-state index >= 15 is 0 Å². The second-order valence-corrected chi connectivity index (χ2v) is 6.04. The number of ether oxygens (including phenoxy) is 1. The average Bonchev–Trinajstić information content (AvgIpc) is 3.29. The maximum absolute atomic E-state index is 12.4. The molecule has 0 spiro atoms. The van der Waals surface area contributed by atoms with Crippen LogP contribution in [-0.4, -0.2) is 37.5 Å². The highest BCUT2D eigenvalue weighted by molar-refractivity contribution is 5.92. The zero-order chi connectivity index (χ0) is 19.7. The molecule has 0 fully saturated rings. The number of nitrogens with one attached hydrogen (secondary N) is 1. The number of hydrogen-bond donors (Lipinski definition) is 2. The maximum Gasteiger partial charge on any atom is 0.271 e. The molecule has 28 heavy (non-hydrogen) atoms. The van der Waals surface area contributed by atoms with Gasteiger partial charge in [0.1, 0.15) is 17.1 Å². The van der Waals surface area contributed by atoms with E-state index in [2.05, 4.69) is 20.3 Å². The SMILES string of the molecule is COc1ccc(-c2nc(CNC(=O)c3cn4cccnc4n3)c(C)o2)cc1O. The minimum atomic E-state index is -0.337. The van der Waals surface area contributed by atoms with Crippen LogP contribution >= 0.6 is 0 Å². The molecule has 0 saturated heterocycles. The van der Waals surface area contributed by atoms with Gasteiger partial charge in [-0.3, -0.25) is 9.20 Å². The van der Waals surface area contributed by atoms with Gasteiger partial charge in [-0.15, -0.1) is 0 Å². The van der Waals surface area contributed by atoms with Gasteiger partial charge in [0.05, 0.1) is 13.7 Å². The molecule has 0 aliphatic rings. The summed E-state index contributed by atoms with van der Waals surface area (Å²) in [6, 6.07) is 6.63. The number of oxazole rings is 1. The molecular weight excluding hydrogens is 362 g/mol. The van der Waals surface area contributed by atoms with Crippen LogP contribution < -0.4 is 10.1 Å². The molecule has 1 aromatic carbocycles. The average molecular weight is 379 g/mol.